The fourth-order valence-electron chi connectivity index (χ4n) is 2.18. The van der Waals surface area contributed by atoms with Crippen molar-refractivity contribution in [3.63, 3.8) is 0 Å². The summed E-state index contributed by atoms with van der Waals surface area (Å²) in [4.78, 5) is 26.2. The summed E-state index contributed by atoms with van der Waals surface area (Å²) < 4.78 is 0. The second-order valence-corrected chi connectivity index (χ2v) is 4.51. The number of hydrogen-bond acceptors (Lipinski definition) is 4. The van der Waals surface area contributed by atoms with Crippen LogP contribution in [0.1, 0.15) is 0 Å². The number of anilines is 1. The predicted octanol–water partition coefficient (Wildman–Crippen LogP) is 0.00350. The normalized spacial score (nSPS) is 16.1. The summed E-state index contributed by atoms with van der Waals surface area (Å²) in [5, 5.41) is 2.08. The zero-order valence-corrected chi connectivity index (χ0v) is 10.7. The lowest BCUT2D eigenvalue weighted by atomic mass is 10.2. The maximum absolute atomic E-state index is 11.4. The van der Waals surface area contributed by atoms with Crippen molar-refractivity contribution in [1.82, 2.24) is 10.2 Å². The first-order chi connectivity index (χ1) is 9.15. The Balaban J connectivity index is 1.80. The van der Waals surface area contributed by atoms with E-state index in [0.717, 1.165) is 26.2 Å². The number of benzene rings is 1. The van der Waals surface area contributed by atoms with Crippen LogP contribution in [0.25, 0.3) is 0 Å². The number of piperazine rings is 1. The standard InChI is InChI=1S/C13H18N4O2/c14-13(19)15-12(18)10-16-6-8-17(9-7-16)11-4-2-1-3-5-11/h1-5H,6-10H2,(H3,14,15,18,19). The van der Waals surface area contributed by atoms with E-state index in [1.807, 2.05) is 23.1 Å². The van der Waals surface area contributed by atoms with Crippen molar-refractivity contribution >= 4 is 17.6 Å². The molecular weight excluding hydrogens is 244 g/mol. The second kappa shape index (κ2) is 6.19. The van der Waals surface area contributed by atoms with Gasteiger partial charge in [0.15, 0.2) is 0 Å². The van der Waals surface area contributed by atoms with Crippen LogP contribution in [-0.4, -0.2) is 49.6 Å². The molecule has 0 spiro atoms. The molecule has 0 unspecified atom stereocenters. The summed E-state index contributed by atoms with van der Waals surface area (Å²) in [6, 6.07) is 9.39. The van der Waals surface area contributed by atoms with Gasteiger partial charge in [-0.15, -0.1) is 0 Å². The topological polar surface area (TPSA) is 78.7 Å². The first-order valence-electron chi connectivity index (χ1n) is 6.27. The Morgan fingerprint density at radius 1 is 1.11 bits per heavy atom. The number of hydrogen-bond donors (Lipinski definition) is 2. The molecule has 1 saturated heterocycles. The molecule has 1 aliphatic heterocycles. The Morgan fingerprint density at radius 2 is 1.74 bits per heavy atom. The number of nitrogens with two attached hydrogens (primary N) is 1. The zero-order valence-electron chi connectivity index (χ0n) is 10.7. The number of carbonyl (C=O) groups is 2. The van der Waals surface area contributed by atoms with Crippen molar-refractivity contribution in [3.8, 4) is 0 Å². The maximum atomic E-state index is 11.4. The number of nitrogens with zero attached hydrogens (tertiary/aromatic N) is 2. The summed E-state index contributed by atoms with van der Waals surface area (Å²) in [6.45, 7) is 3.54. The summed E-state index contributed by atoms with van der Waals surface area (Å²) in [5.41, 5.74) is 6.10. The van der Waals surface area contributed by atoms with Gasteiger partial charge in [-0.3, -0.25) is 15.0 Å². The van der Waals surface area contributed by atoms with E-state index < -0.39 is 6.03 Å². The van der Waals surface area contributed by atoms with Crippen LogP contribution in [0.3, 0.4) is 0 Å². The number of primary amides is 1. The van der Waals surface area contributed by atoms with Crippen LogP contribution in [-0.2, 0) is 4.79 Å². The smallest absolute Gasteiger partial charge is 0.318 e. The SMILES string of the molecule is NC(=O)NC(=O)CN1CCN(c2ccccc2)CC1. The van der Waals surface area contributed by atoms with Gasteiger partial charge in [0.2, 0.25) is 5.91 Å². The molecule has 3 N–H and O–H groups in total. The molecule has 1 aliphatic rings. The van der Waals surface area contributed by atoms with E-state index in [2.05, 4.69) is 22.3 Å². The number of urea groups is 1. The number of nitrogens with one attached hydrogen (secondary N) is 1. The summed E-state index contributed by atoms with van der Waals surface area (Å²) >= 11 is 0. The van der Waals surface area contributed by atoms with Crippen molar-refractivity contribution in [1.29, 1.82) is 0 Å². The van der Waals surface area contributed by atoms with E-state index in [4.69, 9.17) is 5.73 Å². The van der Waals surface area contributed by atoms with Gasteiger partial charge in [0, 0.05) is 31.9 Å². The molecule has 6 nitrogen and oxygen atoms in total. The minimum absolute atomic E-state index is 0.214. The van der Waals surface area contributed by atoms with Gasteiger partial charge in [0.05, 0.1) is 6.54 Å². The predicted molar refractivity (Wildman–Crippen MR) is 72.8 cm³/mol. The van der Waals surface area contributed by atoms with Crippen molar-refractivity contribution in [3.05, 3.63) is 30.3 Å². The number of carbonyl (C=O) groups excluding carboxylic acids is 2. The quantitative estimate of drug-likeness (QED) is 0.804. The highest BCUT2D eigenvalue weighted by molar-refractivity contribution is 5.94. The van der Waals surface area contributed by atoms with Gasteiger partial charge in [0.25, 0.3) is 0 Å². The Bertz CT molecular complexity index is 441. The first-order valence-corrected chi connectivity index (χ1v) is 6.27. The average molecular weight is 262 g/mol. The van der Waals surface area contributed by atoms with Gasteiger partial charge >= 0.3 is 6.03 Å². The Morgan fingerprint density at radius 3 is 2.32 bits per heavy atom. The third kappa shape index (κ3) is 3.96. The van der Waals surface area contributed by atoms with Crippen LogP contribution in [0.5, 0.6) is 0 Å². The molecule has 1 fully saturated rings. The van der Waals surface area contributed by atoms with E-state index >= 15 is 0 Å². The van der Waals surface area contributed by atoms with Gasteiger partial charge in [-0.05, 0) is 12.1 Å². The maximum Gasteiger partial charge on any atom is 0.318 e. The van der Waals surface area contributed by atoms with Crippen LogP contribution >= 0.6 is 0 Å². The molecule has 3 amide bonds. The number of para-hydroxylation sites is 1. The Labute approximate surface area is 112 Å². The minimum atomic E-state index is -0.798. The fraction of sp³-hybridized carbons (Fsp3) is 0.385. The van der Waals surface area contributed by atoms with E-state index in [-0.39, 0.29) is 12.5 Å². The molecule has 0 atom stereocenters. The molecule has 6 heteroatoms. The van der Waals surface area contributed by atoms with E-state index in [1.165, 1.54) is 5.69 Å². The molecule has 19 heavy (non-hydrogen) atoms. The lowest BCUT2D eigenvalue weighted by Crippen LogP contribution is -2.50. The van der Waals surface area contributed by atoms with Crippen LogP contribution in [0.15, 0.2) is 30.3 Å². The number of amides is 3. The van der Waals surface area contributed by atoms with Crippen molar-refractivity contribution in [2.45, 2.75) is 0 Å². The third-order valence-corrected chi connectivity index (χ3v) is 3.12. The van der Waals surface area contributed by atoms with Crippen LogP contribution in [0.2, 0.25) is 0 Å². The highest BCUT2D eigenvalue weighted by atomic mass is 16.2. The summed E-state index contributed by atoms with van der Waals surface area (Å²) in [5.74, 6) is -0.347. The highest BCUT2D eigenvalue weighted by Gasteiger charge is 2.19. The van der Waals surface area contributed by atoms with Crippen molar-refractivity contribution in [2.24, 2.45) is 5.73 Å². The van der Waals surface area contributed by atoms with Gasteiger partial charge in [-0.2, -0.15) is 0 Å². The van der Waals surface area contributed by atoms with Gasteiger partial charge in [-0.1, -0.05) is 18.2 Å². The van der Waals surface area contributed by atoms with Crippen molar-refractivity contribution < 1.29 is 9.59 Å². The van der Waals surface area contributed by atoms with E-state index in [1.54, 1.807) is 0 Å². The van der Waals surface area contributed by atoms with E-state index in [9.17, 15) is 9.59 Å². The summed E-state index contributed by atoms with van der Waals surface area (Å²) in [7, 11) is 0. The van der Waals surface area contributed by atoms with Gasteiger partial charge in [0.1, 0.15) is 0 Å². The third-order valence-electron chi connectivity index (χ3n) is 3.12. The molecule has 0 aromatic heterocycles. The Kier molecular flexibility index (Phi) is 4.35. The van der Waals surface area contributed by atoms with Gasteiger partial charge in [-0.25, -0.2) is 4.79 Å². The van der Waals surface area contributed by atoms with E-state index in [0.29, 0.717) is 0 Å². The average Bonchev–Trinajstić information content (AvgIpc) is 2.39. The molecule has 0 bridgehead atoms. The monoisotopic (exact) mass is 262 g/mol. The molecule has 102 valence electrons. The molecule has 1 heterocycles. The van der Waals surface area contributed by atoms with Crippen molar-refractivity contribution in [2.75, 3.05) is 37.6 Å². The molecule has 1 aromatic carbocycles. The number of imide groups is 1. The van der Waals surface area contributed by atoms with Crippen LogP contribution < -0.4 is 16.0 Å². The second-order valence-electron chi connectivity index (χ2n) is 4.51. The molecule has 0 radical (unpaired) electrons. The molecule has 0 aliphatic carbocycles. The minimum Gasteiger partial charge on any atom is -0.369 e. The largest absolute Gasteiger partial charge is 0.369 e. The van der Waals surface area contributed by atoms with Gasteiger partial charge < -0.3 is 10.6 Å². The molecule has 0 saturated carbocycles. The molecule has 2 rings (SSSR count). The molecule has 1 aromatic rings. The highest BCUT2D eigenvalue weighted by Crippen LogP contribution is 2.15. The molecular formula is C13H18N4O2. The lowest BCUT2D eigenvalue weighted by Gasteiger charge is -2.35. The summed E-state index contributed by atoms with van der Waals surface area (Å²) in [6.07, 6.45) is 0. The van der Waals surface area contributed by atoms with Crippen LogP contribution in [0, 0.1) is 0 Å². The first kappa shape index (κ1) is 13.4. The lowest BCUT2D eigenvalue weighted by molar-refractivity contribution is -0.121. The van der Waals surface area contributed by atoms with Crippen LogP contribution in [0.4, 0.5) is 10.5 Å². The zero-order chi connectivity index (χ0) is 13.7. The Hall–Kier alpha value is -2.08. The fourth-order valence-corrected chi connectivity index (χ4v) is 2.18. The number of rotatable bonds is 3.